The maximum atomic E-state index is 13.0. The maximum Gasteiger partial charge on any atom is 0.261 e. The lowest BCUT2D eigenvalue weighted by Gasteiger charge is -2.29. The molecule has 0 saturated heterocycles. The Labute approximate surface area is 176 Å². The minimum atomic E-state index is -0.192. The molecule has 5 heteroatoms. The molecule has 0 aromatic heterocycles. The SMILES string of the molecule is CN(C(=O)COc1ccc2c(c1)CCC(=O)N2)C(c1ccccc1)c1ccccc1. The Kier molecular flexibility index (Phi) is 5.80. The summed E-state index contributed by atoms with van der Waals surface area (Å²) in [6, 6.07) is 25.3. The molecule has 1 aliphatic heterocycles. The summed E-state index contributed by atoms with van der Waals surface area (Å²) < 4.78 is 5.80. The molecule has 0 saturated carbocycles. The zero-order valence-electron chi connectivity index (χ0n) is 16.9. The summed E-state index contributed by atoms with van der Waals surface area (Å²) in [5.41, 5.74) is 3.93. The number of hydrogen-bond acceptors (Lipinski definition) is 3. The predicted octanol–water partition coefficient (Wildman–Crippen LogP) is 4.20. The second-order valence-electron chi connectivity index (χ2n) is 7.38. The number of amides is 2. The van der Waals surface area contributed by atoms with Crippen LogP contribution in [0.2, 0.25) is 0 Å². The molecular weight excluding hydrogens is 376 g/mol. The van der Waals surface area contributed by atoms with Crippen molar-refractivity contribution in [2.24, 2.45) is 0 Å². The molecule has 0 atom stereocenters. The number of anilines is 1. The molecule has 3 aromatic rings. The Bertz CT molecular complexity index is 995. The number of hydrogen-bond donors (Lipinski definition) is 1. The Morgan fingerprint density at radius 3 is 2.23 bits per heavy atom. The first-order valence-electron chi connectivity index (χ1n) is 10.0. The van der Waals surface area contributed by atoms with E-state index in [0.717, 1.165) is 22.4 Å². The molecule has 3 aromatic carbocycles. The number of rotatable bonds is 6. The Morgan fingerprint density at radius 1 is 0.967 bits per heavy atom. The van der Waals surface area contributed by atoms with Crippen LogP contribution in [0.3, 0.4) is 0 Å². The van der Waals surface area contributed by atoms with Gasteiger partial charge in [-0.25, -0.2) is 0 Å². The van der Waals surface area contributed by atoms with Gasteiger partial charge in [-0.3, -0.25) is 9.59 Å². The van der Waals surface area contributed by atoms with E-state index in [1.807, 2.05) is 72.8 Å². The summed E-state index contributed by atoms with van der Waals surface area (Å²) in [4.78, 5) is 26.2. The Balaban J connectivity index is 1.48. The van der Waals surface area contributed by atoms with Crippen LogP contribution in [-0.4, -0.2) is 30.4 Å². The number of likely N-dealkylation sites (N-methyl/N-ethyl adjacent to an activating group) is 1. The molecule has 0 fully saturated rings. The summed E-state index contributed by atoms with van der Waals surface area (Å²) in [5.74, 6) is 0.544. The minimum absolute atomic E-state index is 0.0286. The number of ether oxygens (including phenoxy) is 1. The van der Waals surface area contributed by atoms with Gasteiger partial charge in [0.05, 0.1) is 6.04 Å². The first-order valence-corrected chi connectivity index (χ1v) is 10.0. The third-order valence-electron chi connectivity index (χ3n) is 5.35. The van der Waals surface area contributed by atoms with E-state index in [-0.39, 0.29) is 24.5 Å². The van der Waals surface area contributed by atoms with E-state index in [9.17, 15) is 9.59 Å². The van der Waals surface area contributed by atoms with Crippen molar-refractivity contribution in [2.45, 2.75) is 18.9 Å². The summed E-state index contributed by atoms with van der Waals surface area (Å²) >= 11 is 0. The molecule has 1 N–H and O–H groups in total. The van der Waals surface area contributed by atoms with Crippen molar-refractivity contribution in [1.29, 1.82) is 0 Å². The molecule has 2 amide bonds. The third kappa shape index (κ3) is 4.35. The molecule has 0 radical (unpaired) electrons. The lowest BCUT2D eigenvalue weighted by molar-refractivity contribution is -0.133. The highest BCUT2D eigenvalue weighted by Gasteiger charge is 2.24. The molecule has 5 nitrogen and oxygen atoms in total. The van der Waals surface area contributed by atoms with Crippen molar-refractivity contribution in [2.75, 3.05) is 19.0 Å². The van der Waals surface area contributed by atoms with Crippen molar-refractivity contribution in [3.05, 3.63) is 95.6 Å². The zero-order chi connectivity index (χ0) is 20.9. The normalized spacial score (nSPS) is 12.8. The molecule has 1 aliphatic rings. The van der Waals surface area contributed by atoms with Crippen LogP contribution in [0.4, 0.5) is 5.69 Å². The molecule has 30 heavy (non-hydrogen) atoms. The largest absolute Gasteiger partial charge is 0.484 e. The van der Waals surface area contributed by atoms with E-state index >= 15 is 0 Å². The molecule has 0 aliphatic carbocycles. The van der Waals surface area contributed by atoms with E-state index in [0.29, 0.717) is 18.6 Å². The third-order valence-corrected chi connectivity index (χ3v) is 5.35. The molecule has 1 heterocycles. The second kappa shape index (κ2) is 8.82. The van der Waals surface area contributed by atoms with Crippen molar-refractivity contribution < 1.29 is 14.3 Å². The van der Waals surface area contributed by atoms with E-state index < -0.39 is 0 Å². The summed E-state index contributed by atoms with van der Waals surface area (Å²) in [6.45, 7) is -0.0577. The average molecular weight is 400 g/mol. The fraction of sp³-hybridized carbons (Fsp3) is 0.200. The van der Waals surface area contributed by atoms with Crippen LogP contribution in [0.1, 0.15) is 29.2 Å². The van der Waals surface area contributed by atoms with Gasteiger partial charge in [0.1, 0.15) is 5.75 Å². The molecule has 0 spiro atoms. The number of fused-ring (bicyclic) bond motifs is 1. The first kappa shape index (κ1) is 19.7. The van der Waals surface area contributed by atoms with Crippen LogP contribution < -0.4 is 10.1 Å². The van der Waals surface area contributed by atoms with E-state index in [4.69, 9.17) is 4.74 Å². The number of carbonyl (C=O) groups is 2. The van der Waals surface area contributed by atoms with E-state index in [2.05, 4.69) is 5.32 Å². The van der Waals surface area contributed by atoms with Crippen LogP contribution in [0, 0.1) is 0 Å². The fourth-order valence-electron chi connectivity index (χ4n) is 3.75. The smallest absolute Gasteiger partial charge is 0.261 e. The van der Waals surface area contributed by atoms with Gasteiger partial charge >= 0.3 is 0 Å². The standard InChI is InChI=1S/C25H24N2O3/c1-27(25(18-8-4-2-5-9-18)19-10-6-3-7-11-19)24(29)17-30-21-13-14-22-20(16-21)12-15-23(28)26-22/h2-11,13-14,16,25H,12,15,17H2,1H3,(H,26,28). The van der Waals surface area contributed by atoms with Crippen molar-refractivity contribution in [1.82, 2.24) is 4.90 Å². The van der Waals surface area contributed by atoms with Crippen LogP contribution in [0.25, 0.3) is 0 Å². The van der Waals surface area contributed by atoms with Gasteiger partial charge in [-0.15, -0.1) is 0 Å². The second-order valence-corrected chi connectivity index (χ2v) is 7.38. The summed E-state index contributed by atoms with van der Waals surface area (Å²) in [6.07, 6.45) is 1.14. The first-order chi connectivity index (χ1) is 14.6. The van der Waals surface area contributed by atoms with Crippen molar-refractivity contribution >= 4 is 17.5 Å². The predicted molar refractivity (Wildman–Crippen MR) is 116 cm³/mol. The van der Waals surface area contributed by atoms with Gasteiger partial charge in [-0.2, -0.15) is 0 Å². The Hall–Kier alpha value is -3.60. The van der Waals surface area contributed by atoms with Gasteiger partial charge in [0.25, 0.3) is 5.91 Å². The molecular formula is C25H24N2O3. The van der Waals surface area contributed by atoms with Gasteiger partial charge in [-0.05, 0) is 41.3 Å². The summed E-state index contributed by atoms with van der Waals surface area (Å²) in [5, 5.41) is 2.85. The Morgan fingerprint density at radius 2 is 1.60 bits per heavy atom. The highest BCUT2D eigenvalue weighted by Crippen LogP contribution is 2.29. The van der Waals surface area contributed by atoms with Crippen LogP contribution in [0.5, 0.6) is 5.75 Å². The van der Waals surface area contributed by atoms with E-state index in [1.54, 1.807) is 18.0 Å². The quantitative estimate of drug-likeness (QED) is 0.675. The number of benzene rings is 3. The highest BCUT2D eigenvalue weighted by molar-refractivity contribution is 5.94. The van der Waals surface area contributed by atoms with Crippen LogP contribution >= 0.6 is 0 Å². The van der Waals surface area contributed by atoms with Gasteiger partial charge in [0, 0.05) is 19.2 Å². The maximum absolute atomic E-state index is 13.0. The summed E-state index contributed by atoms with van der Waals surface area (Å²) in [7, 11) is 1.80. The lowest BCUT2D eigenvalue weighted by Crippen LogP contribution is -2.35. The zero-order valence-corrected chi connectivity index (χ0v) is 16.9. The van der Waals surface area contributed by atoms with Crippen LogP contribution in [-0.2, 0) is 16.0 Å². The van der Waals surface area contributed by atoms with Crippen molar-refractivity contribution in [3.8, 4) is 5.75 Å². The number of nitrogens with zero attached hydrogens (tertiary/aromatic N) is 1. The highest BCUT2D eigenvalue weighted by atomic mass is 16.5. The average Bonchev–Trinajstić information content (AvgIpc) is 2.79. The molecule has 0 unspecified atom stereocenters. The number of aryl methyl sites for hydroxylation is 1. The molecule has 152 valence electrons. The van der Waals surface area contributed by atoms with Crippen molar-refractivity contribution in [3.63, 3.8) is 0 Å². The lowest BCUT2D eigenvalue weighted by atomic mass is 9.97. The number of carbonyl (C=O) groups excluding carboxylic acids is 2. The van der Waals surface area contributed by atoms with Gasteiger partial charge in [0.15, 0.2) is 6.61 Å². The van der Waals surface area contributed by atoms with Crippen LogP contribution in [0.15, 0.2) is 78.9 Å². The fourth-order valence-corrected chi connectivity index (χ4v) is 3.75. The topological polar surface area (TPSA) is 58.6 Å². The minimum Gasteiger partial charge on any atom is -0.484 e. The van der Waals surface area contributed by atoms with E-state index in [1.165, 1.54) is 0 Å². The van der Waals surface area contributed by atoms with Gasteiger partial charge in [-0.1, -0.05) is 60.7 Å². The molecule has 0 bridgehead atoms. The monoisotopic (exact) mass is 400 g/mol. The van der Waals surface area contributed by atoms with Gasteiger partial charge < -0.3 is 15.0 Å². The van der Waals surface area contributed by atoms with Gasteiger partial charge in [0.2, 0.25) is 5.91 Å². The number of nitrogens with one attached hydrogen (secondary N) is 1. The molecule has 4 rings (SSSR count).